The van der Waals surface area contributed by atoms with Crippen molar-refractivity contribution in [3.05, 3.63) is 93.8 Å². The van der Waals surface area contributed by atoms with Crippen LogP contribution < -0.4 is 10.6 Å². The van der Waals surface area contributed by atoms with Gasteiger partial charge in [-0.1, -0.05) is 17.7 Å². The van der Waals surface area contributed by atoms with E-state index >= 15 is 0 Å². The van der Waals surface area contributed by atoms with Crippen LogP contribution in [0.25, 0.3) is 0 Å². The first-order valence-corrected chi connectivity index (χ1v) is 11.4. The van der Waals surface area contributed by atoms with Crippen LogP contribution in [-0.4, -0.2) is 16.1 Å². The summed E-state index contributed by atoms with van der Waals surface area (Å²) >= 11 is 18.4. The molecule has 2 unspecified atom stereocenters. The Morgan fingerprint density at radius 2 is 1.57 bits per heavy atom. The normalized spacial score (nSPS) is 18.3. The van der Waals surface area contributed by atoms with Crippen molar-refractivity contribution in [2.24, 2.45) is 5.92 Å². The number of rotatable bonds is 5. The number of carbonyl (C=O) groups excluding carboxylic acids is 2. The summed E-state index contributed by atoms with van der Waals surface area (Å²) in [4.78, 5) is 25.5. The highest BCUT2D eigenvalue weighted by Crippen LogP contribution is 2.65. The molecule has 4 rings (SSSR count). The number of hydrogen-bond acceptors (Lipinski definition) is 2. The van der Waals surface area contributed by atoms with Crippen LogP contribution in [0.5, 0.6) is 0 Å². The lowest BCUT2D eigenvalue weighted by Crippen LogP contribution is -2.18. The van der Waals surface area contributed by atoms with Gasteiger partial charge in [0.15, 0.2) is 0 Å². The molecule has 2 N–H and O–H groups in total. The molecule has 0 bridgehead atoms. The molecule has 1 saturated carbocycles. The highest BCUT2D eigenvalue weighted by atomic mass is 35.5. The van der Waals surface area contributed by atoms with E-state index in [0.717, 1.165) is 24.3 Å². The van der Waals surface area contributed by atoms with Gasteiger partial charge in [0.25, 0.3) is 5.91 Å². The van der Waals surface area contributed by atoms with Crippen molar-refractivity contribution in [1.29, 1.82) is 0 Å². The molecule has 3 aromatic carbocycles. The van der Waals surface area contributed by atoms with Gasteiger partial charge in [-0.3, -0.25) is 9.59 Å². The van der Waals surface area contributed by atoms with Gasteiger partial charge in [-0.15, -0.1) is 23.2 Å². The summed E-state index contributed by atoms with van der Waals surface area (Å²) < 4.78 is 78.1. The summed E-state index contributed by atoms with van der Waals surface area (Å²) in [5, 5.41) is 4.63. The molecular formula is C24H13Cl3F6N2O2. The molecule has 13 heteroatoms. The molecule has 0 heterocycles. The molecule has 0 radical (unpaired) electrons. The second-order valence-electron chi connectivity index (χ2n) is 8.13. The van der Waals surface area contributed by atoms with E-state index in [-0.39, 0.29) is 27.5 Å². The van der Waals surface area contributed by atoms with Crippen molar-refractivity contribution in [3.63, 3.8) is 0 Å². The van der Waals surface area contributed by atoms with E-state index in [9.17, 15) is 35.9 Å². The molecule has 1 fully saturated rings. The van der Waals surface area contributed by atoms with Crippen LogP contribution in [0.4, 0.5) is 37.7 Å². The first-order chi connectivity index (χ1) is 17.2. The number of halogens is 9. The maximum Gasteiger partial charge on any atom is 0.419 e. The third-order valence-corrected chi connectivity index (χ3v) is 6.92. The fourth-order valence-corrected chi connectivity index (χ4v) is 4.83. The largest absolute Gasteiger partial charge is 0.419 e. The number of hydrogen-bond donors (Lipinski definition) is 2. The predicted molar refractivity (Wildman–Crippen MR) is 126 cm³/mol. The van der Waals surface area contributed by atoms with E-state index in [1.165, 1.54) is 12.1 Å². The third kappa shape index (κ3) is 5.51. The van der Waals surface area contributed by atoms with Gasteiger partial charge in [-0.05, 0) is 48.0 Å². The Kier molecular flexibility index (Phi) is 7.13. The van der Waals surface area contributed by atoms with Crippen molar-refractivity contribution in [3.8, 4) is 0 Å². The maximum absolute atomic E-state index is 13.9. The van der Waals surface area contributed by atoms with Crippen LogP contribution in [0.2, 0.25) is 5.02 Å². The molecule has 0 aromatic heterocycles. The molecule has 2 atom stereocenters. The molecule has 1 aliphatic carbocycles. The van der Waals surface area contributed by atoms with E-state index in [0.29, 0.717) is 18.2 Å². The summed E-state index contributed by atoms with van der Waals surface area (Å²) in [5.74, 6) is -7.29. The van der Waals surface area contributed by atoms with Crippen LogP contribution in [0.3, 0.4) is 0 Å². The van der Waals surface area contributed by atoms with E-state index in [1.54, 1.807) is 0 Å². The number of amides is 2. The van der Waals surface area contributed by atoms with Crippen molar-refractivity contribution in [2.45, 2.75) is 16.4 Å². The topological polar surface area (TPSA) is 58.2 Å². The Bertz CT molecular complexity index is 1410. The van der Waals surface area contributed by atoms with Crippen molar-refractivity contribution < 1.29 is 35.9 Å². The Hall–Kier alpha value is -2.95. The van der Waals surface area contributed by atoms with E-state index in [2.05, 4.69) is 10.6 Å². The zero-order valence-electron chi connectivity index (χ0n) is 18.1. The van der Waals surface area contributed by atoms with E-state index < -0.39 is 57.2 Å². The second kappa shape index (κ2) is 9.74. The smallest absolute Gasteiger partial charge is 0.326 e. The lowest BCUT2D eigenvalue weighted by atomic mass is 10.0. The lowest BCUT2D eigenvalue weighted by Gasteiger charge is -2.11. The van der Waals surface area contributed by atoms with Crippen molar-refractivity contribution >= 4 is 58.0 Å². The van der Waals surface area contributed by atoms with Crippen LogP contribution in [0.1, 0.15) is 27.4 Å². The first-order valence-electron chi connectivity index (χ1n) is 10.3. The van der Waals surface area contributed by atoms with Gasteiger partial charge in [0, 0.05) is 17.7 Å². The summed E-state index contributed by atoms with van der Waals surface area (Å²) in [6.45, 7) is 0. The molecule has 2 amide bonds. The molecule has 0 aliphatic heterocycles. The van der Waals surface area contributed by atoms with E-state index in [4.69, 9.17) is 34.8 Å². The third-order valence-electron chi connectivity index (χ3n) is 5.65. The number of benzene rings is 3. The number of carbonyl (C=O) groups is 2. The SMILES string of the molecule is O=C(Nc1ccc(F)cc1F)c1cc(NC(=O)C2C(c3ccc(F)c(C(F)(F)F)c3)C2(Cl)Cl)ccc1Cl. The van der Waals surface area contributed by atoms with Crippen LogP contribution in [0, 0.1) is 23.4 Å². The lowest BCUT2D eigenvalue weighted by molar-refractivity contribution is -0.140. The van der Waals surface area contributed by atoms with Crippen LogP contribution >= 0.6 is 34.8 Å². The zero-order chi connectivity index (χ0) is 27.3. The Labute approximate surface area is 220 Å². The van der Waals surface area contributed by atoms with Crippen molar-refractivity contribution in [1.82, 2.24) is 0 Å². The van der Waals surface area contributed by atoms with Gasteiger partial charge in [-0.25, -0.2) is 13.2 Å². The van der Waals surface area contributed by atoms with Gasteiger partial charge in [-0.2, -0.15) is 13.2 Å². The molecule has 4 nitrogen and oxygen atoms in total. The second-order valence-corrected chi connectivity index (χ2v) is 9.98. The molecule has 0 spiro atoms. The molecule has 3 aromatic rings. The Balaban J connectivity index is 1.53. The minimum Gasteiger partial charge on any atom is -0.326 e. The summed E-state index contributed by atoms with van der Waals surface area (Å²) in [7, 11) is 0. The number of alkyl halides is 5. The average molecular weight is 582 g/mol. The van der Waals surface area contributed by atoms with E-state index in [1.807, 2.05) is 0 Å². The summed E-state index contributed by atoms with van der Waals surface area (Å²) in [6.07, 6.45) is -4.97. The minimum atomic E-state index is -4.97. The van der Waals surface area contributed by atoms with Crippen molar-refractivity contribution in [2.75, 3.05) is 10.6 Å². The monoisotopic (exact) mass is 580 g/mol. The molecule has 0 saturated heterocycles. The zero-order valence-corrected chi connectivity index (χ0v) is 20.3. The number of anilines is 2. The fourth-order valence-electron chi connectivity index (χ4n) is 3.80. The van der Waals surface area contributed by atoms with Crippen LogP contribution in [0.15, 0.2) is 54.6 Å². The van der Waals surface area contributed by atoms with Gasteiger partial charge in [0.1, 0.15) is 21.8 Å². The van der Waals surface area contributed by atoms with Gasteiger partial charge in [0.2, 0.25) is 5.91 Å². The molecule has 37 heavy (non-hydrogen) atoms. The molecule has 1 aliphatic rings. The minimum absolute atomic E-state index is 0.0454. The highest BCUT2D eigenvalue weighted by Gasteiger charge is 2.67. The standard InChI is InChI=1S/C24H13Cl3F6N2O2/c25-15-4-3-12(9-13(15)21(36)35-18-6-2-11(28)8-17(18)30)34-22(37)20-19(23(20,26)27)10-1-5-16(29)14(7-10)24(31,32)33/h1-9,19-20H,(H,34,37)(H,35,36). The fraction of sp³-hybridized carbons (Fsp3) is 0.167. The Morgan fingerprint density at radius 3 is 2.22 bits per heavy atom. The first kappa shape index (κ1) is 27.1. The summed E-state index contributed by atoms with van der Waals surface area (Å²) in [5.41, 5.74) is -2.05. The van der Waals surface area contributed by atoms with Gasteiger partial charge >= 0.3 is 6.18 Å². The molecular weight excluding hydrogens is 569 g/mol. The van der Waals surface area contributed by atoms with Gasteiger partial charge in [0.05, 0.1) is 27.8 Å². The average Bonchev–Trinajstić information content (AvgIpc) is 3.38. The maximum atomic E-state index is 13.9. The van der Waals surface area contributed by atoms with Gasteiger partial charge < -0.3 is 10.6 Å². The molecule has 194 valence electrons. The highest BCUT2D eigenvalue weighted by molar-refractivity contribution is 6.53. The number of nitrogens with one attached hydrogen (secondary N) is 2. The quantitative estimate of drug-likeness (QED) is 0.241. The Morgan fingerprint density at radius 1 is 0.865 bits per heavy atom. The van der Waals surface area contributed by atoms with Crippen LogP contribution in [-0.2, 0) is 11.0 Å². The predicted octanol–water partition coefficient (Wildman–Crippen LogP) is 7.55. The summed E-state index contributed by atoms with van der Waals surface area (Å²) in [6, 6.07) is 8.50.